The van der Waals surface area contributed by atoms with Gasteiger partial charge in [0.1, 0.15) is 0 Å². The van der Waals surface area contributed by atoms with E-state index in [1.54, 1.807) is 0 Å². The van der Waals surface area contributed by atoms with Crippen LogP contribution in [0.4, 0.5) is 0 Å². The van der Waals surface area contributed by atoms with Gasteiger partial charge in [0.2, 0.25) is 11.8 Å². The SMILES string of the molecule is CC(C)(S)C(C)(C)CNC(=O)CCN(CCNCCO)CCC(=O)NCC(C)(C)C(C)(C)S. The highest BCUT2D eigenvalue weighted by atomic mass is 32.1. The minimum Gasteiger partial charge on any atom is -0.395 e. The molecule has 4 N–H and O–H groups in total. The summed E-state index contributed by atoms with van der Waals surface area (Å²) in [5.74, 6) is -0.00706. The number of carbonyl (C=O) groups is 2. The van der Waals surface area contributed by atoms with Crippen molar-refractivity contribution in [2.45, 2.75) is 77.7 Å². The predicted octanol–water partition coefficient (Wildman–Crippen LogP) is 2.35. The van der Waals surface area contributed by atoms with Gasteiger partial charge in [0, 0.05) is 68.1 Å². The lowest BCUT2D eigenvalue weighted by Crippen LogP contribution is -2.45. The average molecular weight is 507 g/mol. The zero-order chi connectivity index (χ0) is 25.9. The fourth-order valence-corrected chi connectivity index (χ4v) is 2.70. The van der Waals surface area contributed by atoms with Crippen LogP contribution >= 0.6 is 25.3 Å². The molecule has 0 saturated heterocycles. The number of aliphatic hydroxyl groups is 1. The number of thiol groups is 2. The summed E-state index contributed by atoms with van der Waals surface area (Å²) in [6, 6.07) is 0. The van der Waals surface area contributed by atoms with Gasteiger partial charge in [-0.25, -0.2) is 0 Å². The van der Waals surface area contributed by atoms with Crippen LogP contribution < -0.4 is 16.0 Å². The monoisotopic (exact) mass is 506 g/mol. The highest BCUT2D eigenvalue weighted by Gasteiger charge is 2.34. The van der Waals surface area contributed by atoms with Crippen molar-refractivity contribution in [1.82, 2.24) is 20.9 Å². The van der Waals surface area contributed by atoms with Gasteiger partial charge in [-0.15, -0.1) is 0 Å². The minimum atomic E-state index is -0.213. The molecule has 0 aromatic carbocycles. The summed E-state index contributed by atoms with van der Waals surface area (Å²) in [6.07, 6.45) is 0.733. The highest BCUT2D eigenvalue weighted by Crippen LogP contribution is 2.35. The maximum absolute atomic E-state index is 12.4. The standard InChI is InChI=1S/C24H50N4O3S2/c1-21(2,23(5,6)32)17-26-19(30)9-13-28(15-11-25-12-16-29)14-10-20(31)27-18-22(3,4)24(7,8)33/h25,29,32-33H,9-18H2,1-8H3,(H,26,30)(H,27,31). The van der Waals surface area contributed by atoms with E-state index in [2.05, 4.69) is 73.8 Å². The number of nitrogens with one attached hydrogen (secondary N) is 3. The molecule has 0 aromatic heterocycles. The van der Waals surface area contributed by atoms with Crippen LogP contribution in [0.5, 0.6) is 0 Å². The van der Waals surface area contributed by atoms with Crippen molar-refractivity contribution in [1.29, 1.82) is 0 Å². The van der Waals surface area contributed by atoms with Crippen molar-refractivity contribution >= 4 is 37.1 Å². The Kier molecular flexibility index (Phi) is 14.0. The summed E-state index contributed by atoms with van der Waals surface area (Å²) in [7, 11) is 0. The topological polar surface area (TPSA) is 93.7 Å². The summed E-state index contributed by atoms with van der Waals surface area (Å²) in [5, 5.41) is 18.2. The third-order valence-corrected chi connectivity index (χ3v) is 8.18. The van der Waals surface area contributed by atoms with E-state index in [-0.39, 0.29) is 38.7 Å². The van der Waals surface area contributed by atoms with E-state index < -0.39 is 0 Å². The molecule has 0 aliphatic rings. The molecule has 0 aromatic rings. The molecule has 33 heavy (non-hydrogen) atoms. The van der Waals surface area contributed by atoms with Crippen LogP contribution in [-0.2, 0) is 9.59 Å². The third kappa shape index (κ3) is 13.3. The van der Waals surface area contributed by atoms with Crippen molar-refractivity contribution in [3.63, 3.8) is 0 Å². The average Bonchev–Trinajstić information content (AvgIpc) is 2.67. The van der Waals surface area contributed by atoms with Crippen LogP contribution in [0.3, 0.4) is 0 Å². The summed E-state index contributed by atoms with van der Waals surface area (Å²) in [4.78, 5) is 27.0. The van der Waals surface area contributed by atoms with Gasteiger partial charge in [0.05, 0.1) is 6.61 Å². The van der Waals surface area contributed by atoms with Crippen molar-refractivity contribution in [2.24, 2.45) is 10.8 Å². The van der Waals surface area contributed by atoms with Crippen LogP contribution in [0.25, 0.3) is 0 Å². The Bertz CT molecular complexity index is 553. The zero-order valence-corrected chi connectivity index (χ0v) is 24.0. The smallest absolute Gasteiger partial charge is 0.221 e. The number of hydrogen-bond donors (Lipinski definition) is 6. The molecule has 0 unspecified atom stereocenters. The van der Waals surface area contributed by atoms with Gasteiger partial charge in [-0.05, 0) is 10.8 Å². The van der Waals surface area contributed by atoms with Crippen LogP contribution in [0.1, 0.15) is 68.2 Å². The maximum atomic E-state index is 12.4. The molecule has 0 aliphatic carbocycles. The Labute approximate surface area is 213 Å². The molecule has 7 nitrogen and oxygen atoms in total. The van der Waals surface area contributed by atoms with Crippen molar-refractivity contribution in [3.05, 3.63) is 0 Å². The largest absolute Gasteiger partial charge is 0.395 e. The second-order valence-corrected chi connectivity index (χ2v) is 13.5. The number of hydrogen-bond acceptors (Lipinski definition) is 7. The van der Waals surface area contributed by atoms with Crippen molar-refractivity contribution < 1.29 is 14.7 Å². The lowest BCUT2D eigenvalue weighted by molar-refractivity contribution is -0.122. The molecule has 196 valence electrons. The number of aliphatic hydroxyl groups excluding tert-OH is 1. The minimum absolute atomic E-state index is 0.00353. The molecular formula is C24H50N4O3S2. The van der Waals surface area contributed by atoms with E-state index in [0.29, 0.717) is 58.7 Å². The number of nitrogens with zero attached hydrogens (tertiary/aromatic N) is 1. The predicted molar refractivity (Wildman–Crippen MR) is 145 cm³/mol. The van der Waals surface area contributed by atoms with Crippen LogP contribution in [0.2, 0.25) is 0 Å². The van der Waals surface area contributed by atoms with Gasteiger partial charge >= 0.3 is 0 Å². The van der Waals surface area contributed by atoms with Gasteiger partial charge in [-0.2, -0.15) is 25.3 Å². The highest BCUT2D eigenvalue weighted by molar-refractivity contribution is 7.82. The molecule has 0 saturated carbocycles. The second-order valence-electron chi connectivity index (χ2n) is 11.3. The first-order valence-electron chi connectivity index (χ1n) is 11.9. The molecular weight excluding hydrogens is 456 g/mol. The first-order chi connectivity index (χ1) is 14.9. The molecule has 0 bridgehead atoms. The molecule has 0 spiro atoms. The van der Waals surface area contributed by atoms with E-state index in [1.807, 2.05) is 27.7 Å². The van der Waals surface area contributed by atoms with E-state index >= 15 is 0 Å². The van der Waals surface area contributed by atoms with E-state index in [4.69, 9.17) is 5.11 Å². The first-order valence-corrected chi connectivity index (χ1v) is 12.8. The van der Waals surface area contributed by atoms with E-state index in [9.17, 15) is 9.59 Å². The Morgan fingerprint density at radius 1 is 0.727 bits per heavy atom. The molecule has 0 radical (unpaired) electrons. The summed E-state index contributed by atoms with van der Waals surface area (Å²) in [5.41, 5.74) is -0.291. The van der Waals surface area contributed by atoms with Gasteiger partial charge in [0.25, 0.3) is 0 Å². The quantitative estimate of drug-likeness (QED) is 0.135. The third-order valence-electron chi connectivity index (χ3n) is 6.97. The van der Waals surface area contributed by atoms with E-state index in [0.717, 1.165) is 0 Å². The lowest BCUT2D eigenvalue weighted by Gasteiger charge is -2.38. The Hall–Kier alpha value is -0.480. The van der Waals surface area contributed by atoms with Crippen molar-refractivity contribution in [2.75, 3.05) is 52.4 Å². The first kappa shape index (κ1) is 32.5. The van der Waals surface area contributed by atoms with Gasteiger partial charge in [-0.1, -0.05) is 55.4 Å². The summed E-state index contributed by atoms with van der Waals surface area (Å²) in [6.45, 7) is 20.8. The zero-order valence-electron chi connectivity index (χ0n) is 22.2. The van der Waals surface area contributed by atoms with Gasteiger partial charge in [-0.3, -0.25) is 9.59 Å². The normalized spacial score (nSPS) is 13.3. The van der Waals surface area contributed by atoms with Gasteiger partial charge in [0.15, 0.2) is 0 Å². The second kappa shape index (κ2) is 14.2. The Morgan fingerprint density at radius 2 is 1.12 bits per heavy atom. The molecule has 0 fully saturated rings. The van der Waals surface area contributed by atoms with Crippen molar-refractivity contribution in [3.8, 4) is 0 Å². The number of carbonyl (C=O) groups excluding carboxylic acids is 2. The fraction of sp³-hybridized carbons (Fsp3) is 0.917. The maximum Gasteiger partial charge on any atom is 0.221 e. The summed E-state index contributed by atoms with van der Waals surface area (Å²) < 4.78 is -0.427. The molecule has 0 aliphatic heterocycles. The Balaban J connectivity index is 4.67. The molecule has 2 amide bonds. The molecule has 9 heteroatoms. The fourth-order valence-electron chi connectivity index (χ4n) is 2.54. The van der Waals surface area contributed by atoms with Crippen LogP contribution in [0.15, 0.2) is 0 Å². The lowest BCUT2D eigenvalue weighted by atomic mass is 9.80. The molecule has 0 rings (SSSR count). The van der Waals surface area contributed by atoms with Crippen LogP contribution in [0, 0.1) is 10.8 Å². The number of amides is 2. The Morgan fingerprint density at radius 3 is 1.45 bits per heavy atom. The van der Waals surface area contributed by atoms with Gasteiger partial charge < -0.3 is 26.0 Å². The molecule has 0 atom stereocenters. The molecule has 0 heterocycles. The van der Waals surface area contributed by atoms with Crippen LogP contribution in [-0.4, -0.2) is 83.7 Å². The van der Waals surface area contributed by atoms with E-state index in [1.165, 1.54) is 0 Å². The summed E-state index contributed by atoms with van der Waals surface area (Å²) >= 11 is 9.30. The number of rotatable bonds is 17.